The molecular weight excluding hydrogens is 431 g/mol. The highest BCUT2D eigenvalue weighted by Crippen LogP contribution is 2.21. The molecule has 1 aromatic rings. The minimum Gasteiger partial charge on any atom is -0.493 e. The molecule has 1 aliphatic carbocycles. The molecule has 0 fully saturated rings. The molecule has 154 valence electrons. The van der Waals surface area contributed by atoms with E-state index in [1.807, 2.05) is 6.08 Å². The van der Waals surface area contributed by atoms with Gasteiger partial charge in [-0.1, -0.05) is 54.6 Å². The fourth-order valence-electron chi connectivity index (χ4n) is 2.54. The zero-order valence-corrected chi connectivity index (χ0v) is 18.7. The van der Waals surface area contributed by atoms with Crippen LogP contribution in [0, 0.1) is 11.8 Å². The van der Waals surface area contributed by atoms with E-state index in [1.54, 1.807) is 30.4 Å². The van der Waals surface area contributed by atoms with E-state index in [0.29, 0.717) is 39.4 Å². The molecule has 0 saturated heterocycles. The maximum atomic E-state index is 12.2. The van der Waals surface area contributed by atoms with Crippen LogP contribution in [0.5, 0.6) is 0 Å². The molecular formula is C22H23Cl3N2O2. The van der Waals surface area contributed by atoms with Gasteiger partial charge in [-0.2, -0.15) is 0 Å². The van der Waals surface area contributed by atoms with Gasteiger partial charge in [-0.25, -0.2) is 0 Å². The Labute approximate surface area is 187 Å². The zero-order valence-electron chi connectivity index (χ0n) is 16.4. The van der Waals surface area contributed by atoms with Crippen molar-refractivity contribution >= 4 is 40.7 Å². The Morgan fingerprint density at radius 1 is 1.21 bits per heavy atom. The standard InChI is InChI=1S/C22H23Cl3N2O2/c1-3-27(4-2)13-14-29-18-8-10-19(24)21(11-9-18)26-22(28)12-6-16-5-7-17(23)15-20(16)25/h5,7-9,11,15H,3-4,10,13-14H2,1-2H3,(H,26,28). The van der Waals surface area contributed by atoms with Gasteiger partial charge in [-0.3, -0.25) is 4.79 Å². The van der Waals surface area contributed by atoms with Crippen LogP contribution in [0.1, 0.15) is 25.8 Å². The molecule has 29 heavy (non-hydrogen) atoms. The smallest absolute Gasteiger partial charge is 0.300 e. The van der Waals surface area contributed by atoms with Crippen molar-refractivity contribution in [2.45, 2.75) is 20.3 Å². The van der Waals surface area contributed by atoms with Gasteiger partial charge >= 0.3 is 5.91 Å². The molecule has 0 aromatic heterocycles. The Hall–Kier alpha value is -1.90. The van der Waals surface area contributed by atoms with Gasteiger partial charge in [0.2, 0.25) is 0 Å². The van der Waals surface area contributed by atoms with Gasteiger partial charge in [0.05, 0.1) is 10.7 Å². The van der Waals surface area contributed by atoms with Gasteiger partial charge in [0, 0.05) is 34.5 Å². The molecule has 0 unspecified atom stereocenters. The van der Waals surface area contributed by atoms with Crippen LogP contribution in [-0.4, -0.2) is 37.0 Å². The van der Waals surface area contributed by atoms with Crippen LogP contribution in [-0.2, 0) is 9.53 Å². The van der Waals surface area contributed by atoms with Crippen molar-refractivity contribution in [2.75, 3.05) is 26.2 Å². The number of nitrogens with one attached hydrogen (secondary N) is 1. The van der Waals surface area contributed by atoms with E-state index in [2.05, 4.69) is 35.9 Å². The molecule has 1 amide bonds. The summed E-state index contributed by atoms with van der Waals surface area (Å²) in [5, 5.41) is 4.10. The first-order chi connectivity index (χ1) is 13.9. The molecule has 0 atom stereocenters. The van der Waals surface area contributed by atoms with Crippen LogP contribution in [0.3, 0.4) is 0 Å². The number of amides is 1. The molecule has 1 N–H and O–H groups in total. The number of hydrogen-bond donors (Lipinski definition) is 1. The summed E-state index contributed by atoms with van der Waals surface area (Å²) in [5.41, 5.74) is 1.01. The number of rotatable bonds is 7. The molecule has 1 aromatic carbocycles. The van der Waals surface area contributed by atoms with Crippen LogP contribution >= 0.6 is 34.8 Å². The lowest BCUT2D eigenvalue weighted by atomic mass is 10.2. The third-order valence-electron chi connectivity index (χ3n) is 4.25. The summed E-state index contributed by atoms with van der Waals surface area (Å²) in [6.45, 7) is 7.66. The number of ether oxygens (including phenoxy) is 1. The number of allylic oxidation sites excluding steroid dienone is 4. The first-order valence-corrected chi connectivity index (χ1v) is 10.5. The predicted octanol–water partition coefficient (Wildman–Crippen LogP) is 5.11. The molecule has 0 spiro atoms. The summed E-state index contributed by atoms with van der Waals surface area (Å²) in [4.78, 5) is 14.5. The second-order valence-corrected chi connectivity index (χ2v) is 7.47. The second-order valence-electron chi connectivity index (χ2n) is 6.17. The Bertz CT molecular complexity index is 891. The average molecular weight is 454 g/mol. The third kappa shape index (κ3) is 7.79. The molecule has 0 radical (unpaired) electrons. The van der Waals surface area contributed by atoms with Crippen molar-refractivity contribution < 1.29 is 9.53 Å². The number of carbonyl (C=O) groups excluding carboxylic acids is 1. The average Bonchev–Trinajstić information content (AvgIpc) is 2.87. The van der Waals surface area contributed by atoms with Crippen LogP contribution in [0.4, 0.5) is 0 Å². The highest BCUT2D eigenvalue weighted by Gasteiger charge is 2.09. The number of likely N-dealkylation sites (N-methyl/N-ethyl adjacent to an activating group) is 1. The Morgan fingerprint density at radius 2 is 1.97 bits per heavy atom. The Kier molecular flexibility index (Phi) is 9.63. The highest BCUT2D eigenvalue weighted by atomic mass is 35.5. The van der Waals surface area contributed by atoms with Gasteiger partial charge in [0.25, 0.3) is 0 Å². The van der Waals surface area contributed by atoms with Crippen LogP contribution in [0.2, 0.25) is 10.0 Å². The molecule has 0 bridgehead atoms. The number of benzene rings is 1. The van der Waals surface area contributed by atoms with E-state index in [1.165, 1.54) is 0 Å². The monoisotopic (exact) mass is 452 g/mol. The molecule has 0 saturated carbocycles. The van der Waals surface area contributed by atoms with E-state index >= 15 is 0 Å². The summed E-state index contributed by atoms with van der Waals surface area (Å²) >= 11 is 18.2. The number of carbonyl (C=O) groups is 1. The maximum absolute atomic E-state index is 12.2. The topological polar surface area (TPSA) is 41.6 Å². The van der Waals surface area contributed by atoms with Gasteiger partial charge in [-0.05, 0) is 49.5 Å². The first kappa shape index (κ1) is 23.4. The first-order valence-electron chi connectivity index (χ1n) is 9.33. The lowest BCUT2D eigenvalue weighted by molar-refractivity contribution is -0.114. The van der Waals surface area contributed by atoms with Crippen molar-refractivity contribution in [3.63, 3.8) is 0 Å². The van der Waals surface area contributed by atoms with Crippen LogP contribution in [0.25, 0.3) is 0 Å². The summed E-state index contributed by atoms with van der Waals surface area (Å²) in [6.07, 6.45) is 5.85. The van der Waals surface area contributed by atoms with Gasteiger partial charge < -0.3 is 15.0 Å². The van der Waals surface area contributed by atoms with E-state index in [0.717, 1.165) is 25.4 Å². The zero-order chi connectivity index (χ0) is 21.2. The van der Waals surface area contributed by atoms with Crippen molar-refractivity contribution in [2.24, 2.45) is 0 Å². The molecule has 4 nitrogen and oxygen atoms in total. The molecule has 0 aliphatic heterocycles. The van der Waals surface area contributed by atoms with Crippen molar-refractivity contribution in [3.8, 4) is 11.8 Å². The molecule has 2 rings (SSSR count). The molecule has 1 aliphatic rings. The van der Waals surface area contributed by atoms with Crippen molar-refractivity contribution in [1.29, 1.82) is 0 Å². The van der Waals surface area contributed by atoms with E-state index in [9.17, 15) is 4.79 Å². The SMILES string of the molecule is CCN(CC)CCOC1=CCC(Cl)=C(NC(=O)C#Cc2ccc(Cl)cc2Cl)C=C1. The summed E-state index contributed by atoms with van der Waals surface area (Å²) < 4.78 is 5.81. The van der Waals surface area contributed by atoms with Gasteiger partial charge in [-0.15, -0.1) is 0 Å². The molecule has 7 heteroatoms. The molecule has 0 heterocycles. The largest absolute Gasteiger partial charge is 0.493 e. The van der Waals surface area contributed by atoms with E-state index in [-0.39, 0.29) is 0 Å². The van der Waals surface area contributed by atoms with Gasteiger partial charge in [0.1, 0.15) is 12.4 Å². The second kappa shape index (κ2) is 11.9. The quantitative estimate of drug-likeness (QED) is 0.583. The summed E-state index contributed by atoms with van der Waals surface area (Å²) in [7, 11) is 0. The number of nitrogens with zero attached hydrogens (tertiary/aromatic N) is 1. The Balaban J connectivity index is 1.94. The Morgan fingerprint density at radius 3 is 2.66 bits per heavy atom. The minimum absolute atomic E-state index is 0.389. The number of halogens is 3. The summed E-state index contributed by atoms with van der Waals surface area (Å²) in [6, 6.07) is 4.90. The van der Waals surface area contributed by atoms with E-state index < -0.39 is 5.91 Å². The van der Waals surface area contributed by atoms with Crippen molar-refractivity contribution in [1.82, 2.24) is 10.2 Å². The highest BCUT2D eigenvalue weighted by molar-refractivity contribution is 6.35. The lowest BCUT2D eigenvalue weighted by Gasteiger charge is -2.18. The predicted molar refractivity (Wildman–Crippen MR) is 120 cm³/mol. The third-order valence-corrected chi connectivity index (χ3v) is 5.16. The normalized spacial score (nSPS) is 13.5. The van der Waals surface area contributed by atoms with Crippen LogP contribution < -0.4 is 5.32 Å². The maximum Gasteiger partial charge on any atom is 0.300 e. The lowest BCUT2D eigenvalue weighted by Crippen LogP contribution is -2.26. The summed E-state index contributed by atoms with van der Waals surface area (Å²) in [5.74, 6) is 5.48. The van der Waals surface area contributed by atoms with Gasteiger partial charge in [0.15, 0.2) is 0 Å². The minimum atomic E-state index is -0.486. The van der Waals surface area contributed by atoms with Crippen molar-refractivity contribution in [3.05, 3.63) is 68.5 Å². The fourth-order valence-corrected chi connectivity index (χ4v) is 3.18. The number of hydrogen-bond acceptors (Lipinski definition) is 3. The van der Waals surface area contributed by atoms with E-state index in [4.69, 9.17) is 39.5 Å². The fraction of sp³-hybridized carbons (Fsp3) is 0.318. The van der Waals surface area contributed by atoms with Crippen LogP contribution in [0.15, 0.2) is 52.9 Å².